The summed E-state index contributed by atoms with van der Waals surface area (Å²) in [4.78, 5) is 0. The van der Waals surface area contributed by atoms with Crippen molar-refractivity contribution in [3.05, 3.63) is 67.9 Å². The van der Waals surface area contributed by atoms with Crippen molar-refractivity contribution in [2.24, 2.45) is 0 Å². The minimum Gasteiger partial charge on any atom is -0.306 e. The first-order valence-electron chi connectivity index (χ1n) is 6.48. The average Bonchev–Trinajstić information content (AvgIpc) is 2.43. The van der Waals surface area contributed by atoms with Gasteiger partial charge in [0.05, 0.1) is 10.5 Å². The number of hydrogen-bond donors (Lipinski definition) is 1. The molecule has 0 saturated carbocycles. The van der Waals surface area contributed by atoms with E-state index in [9.17, 15) is 4.39 Å². The lowest BCUT2D eigenvalue weighted by molar-refractivity contribution is 0.607. The zero-order valence-electron chi connectivity index (χ0n) is 11.4. The van der Waals surface area contributed by atoms with E-state index in [-0.39, 0.29) is 11.9 Å². The molecule has 106 valence electrons. The molecule has 0 amide bonds. The lowest BCUT2D eigenvalue weighted by atomic mass is 9.97. The summed E-state index contributed by atoms with van der Waals surface area (Å²) in [5.41, 5.74) is 3.38. The van der Waals surface area contributed by atoms with Crippen LogP contribution in [0.25, 0.3) is 0 Å². The Hall–Kier alpha value is -0.710. The fourth-order valence-corrected chi connectivity index (χ4v) is 3.09. The average molecular weight is 401 g/mol. The highest BCUT2D eigenvalue weighted by Crippen LogP contribution is 2.32. The third kappa shape index (κ3) is 3.30. The second-order valence-electron chi connectivity index (χ2n) is 4.64. The third-order valence-corrected chi connectivity index (χ3v) is 4.91. The van der Waals surface area contributed by atoms with Crippen LogP contribution in [0.2, 0.25) is 0 Å². The van der Waals surface area contributed by atoms with E-state index >= 15 is 0 Å². The van der Waals surface area contributed by atoms with Crippen LogP contribution in [0.3, 0.4) is 0 Å². The smallest absolute Gasteiger partial charge is 0.137 e. The van der Waals surface area contributed by atoms with Crippen LogP contribution >= 0.6 is 31.9 Å². The van der Waals surface area contributed by atoms with E-state index in [0.29, 0.717) is 4.47 Å². The van der Waals surface area contributed by atoms with Gasteiger partial charge in [-0.2, -0.15) is 0 Å². The molecule has 0 bridgehead atoms. The summed E-state index contributed by atoms with van der Waals surface area (Å²) in [7, 11) is 0. The van der Waals surface area contributed by atoms with Gasteiger partial charge in [0.2, 0.25) is 0 Å². The molecule has 0 radical (unpaired) electrons. The summed E-state index contributed by atoms with van der Waals surface area (Å²) in [5.74, 6) is -0.243. The largest absolute Gasteiger partial charge is 0.306 e. The molecule has 1 N–H and O–H groups in total. The summed E-state index contributed by atoms with van der Waals surface area (Å²) in [5, 5.41) is 3.46. The topological polar surface area (TPSA) is 12.0 Å². The van der Waals surface area contributed by atoms with Crippen molar-refractivity contribution in [1.29, 1.82) is 0 Å². The van der Waals surface area contributed by atoms with Crippen LogP contribution in [0.5, 0.6) is 0 Å². The molecule has 0 aliphatic heterocycles. The highest BCUT2D eigenvalue weighted by molar-refractivity contribution is 9.10. The first-order chi connectivity index (χ1) is 9.54. The minimum absolute atomic E-state index is 0.0335. The maximum atomic E-state index is 13.4. The van der Waals surface area contributed by atoms with E-state index < -0.39 is 0 Å². The molecular formula is C16H16Br2FN. The van der Waals surface area contributed by atoms with Gasteiger partial charge in [-0.1, -0.05) is 47.1 Å². The molecule has 0 heterocycles. The van der Waals surface area contributed by atoms with Gasteiger partial charge in [0.25, 0.3) is 0 Å². The van der Waals surface area contributed by atoms with Gasteiger partial charge in [-0.3, -0.25) is 0 Å². The van der Waals surface area contributed by atoms with E-state index in [0.717, 1.165) is 22.1 Å². The molecule has 2 aromatic carbocycles. The number of benzene rings is 2. The second kappa shape index (κ2) is 6.83. The van der Waals surface area contributed by atoms with E-state index in [2.05, 4.69) is 63.2 Å². The molecule has 2 rings (SSSR count). The van der Waals surface area contributed by atoms with Gasteiger partial charge < -0.3 is 5.32 Å². The van der Waals surface area contributed by atoms with Crippen molar-refractivity contribution >= 4 is 31.9 Å². The molecule has 0 aliphatic rings. The van der Waals surface area contributed by atoms with Crippen LogP contribution in [0, 0.1) is 12.7 Å². The number of halogens is 3. The van der Waals surface area contributed by atoms with Crippen LogP contribution in [-0.4, -0.2) is 6.54 Å². The van der Waals surface area contributed by atoms with Crippen molar-refractivity contribution in [3.63, 3.8) is 0 Å². The van der Waals surface area contributed by atoms with Crippen molar-refractivity contribution in [2.45, 2.75) is 19.9 Å². The maximum Gasteiger partial charge on any atom is 0.137 e. The Labute approximate surface area is 135 Å². The molecule has 4 heteroatoms. The third-order valence-electron chi connectivity index (χ3n) is 3.22. The number of aryl methyl sites for hydroxylation is 1. The van der Waals surface area contributed by atoms with Crippen LogP contribution < -0.4 is 5.32 Å². The predicted molar refractivity (Wildman–Crippen MR) is 88.5 cm³/mol. The lowest BCUT2D eigenvalue weighted by Crippen LogP contribution is -2.22. The predicted octanol–water partition coefficient (Wildman–Crippen LogP) is 5.36. The number of rotatable bonds is 4. The summed E-state index contributed by atoms with van der Waals surface area (Å²) in [6, 6.07) is 11.4. The van der Waals surface area contributed by atoms with Crippen LogP contribution in [-0.2, 0) is 0 Å². The van der Waals surface area contributed by atoms with E-state index in [4.69, 9.17) is 0 Å². The zero-order chi connectivity index (χ0) is 14.7. The SMILES string of the molecule is CCNC(c1ccc(F)c(Br)c1)c1cccc(C)c1Br. The van der Waals surface area contributed by atoms with Gasteiger partial charge in [0.1, 0.15) is 5.82 Å². The Morgan fingerprint density at radius 3 is 2.60 bits per heavy atom. The normalized spacial score (nSPS) is 12.4. The molecule has 2 aromatic rings. The fraction of sp³-hybridized carbons (Fsp3) is 0.250. The monoisotopic (exact) mass is 399 g/mol. The van der Waals surface area contributed by atoms with E-state index in [1.165, 1.54) is 11.6 Å². The maximum absolute atomic E-state index is 13.4. The number of hydrogen-bond acceptors (Lipinski definition) is 1. The first-order valence-corrected chi connectivity index (χ1v) is 8.06. The molecule has 0 spiro atoms. The van der Waals surface area contributed by atoms with Gasteiger partial charge in [-0.25, -0.2) is 4.39 Å². The van der Waals surface area contributed by atoms with Crippen LogP contribution in [0.1, 0.15) is 29.7 Å². The molecule has 20 heavy (non-hydrogen) atoms. The lowest BCUT2D eigenvalue weighted by Gasteiger charge is -2.21. The zero-order valence-corrected chi connectivity index (χ0v) is 14.6. The Balaban J connectivity index is 2.50. The van der Waals surface area contributed by atoms with Crippen LogP contribution in [0.15, 0.2) is 45.3 Å². The summed E-state index contributed by atoms with van der Waals surface area (Å²) in [6.45, 7) is 4.96. The van der Waals surface area contributed by atoms with Gasteiger partial charge in [-0.05, 0) is 58.2 Å². The highest BCUT2D eigenvalue weighted by Gasteiger charge is 2.17. The molecule has 0 fully saturated rings. The standard InChI is InChI=1S/C16H16Br2FN/c1-3-20-16(11-7-8-14(19)13(17)9-11)12-6-4-5-10(2)15(12)18/h4-9,16,20H,3H2,1-2H3. The quantitative estimate of drug-likeness (QED) is 0.728. The van der Waals surface area contributed by atoms with Gasteiger partial charge in [-0.15, -0.1) is 0 Å². The highest BCUT2D eigenvalue weighted by atomic mass is 79.9. The van der Waals surface area contributed by atoms with Gasteiger partial charge >= 0.3 is 0 Å². The van der Waals surface area contributed by atoms with Crippen molar-refractivity contribution in [1.82, 2.24) is 5.32 Å². The van der Waals surface area contributed by atoms with E-state index in [1.54, 1.807) is 0 Å². The fourth-order valence-electron chi connectivity index (χ4n) is 2.20. The Morgan fingerprint density at radius 2 is 1.95 bits per heavy atom. The Morgan fingerprint density at radius 1 is 1.20 bits per heavy atom. The summed E-state index contributed by atoms with van der Waals surface area (Å²) in [6.07, 6.45) is 0. The van der Waals surface area contributed by atoms with Gasteiger partial charge in [0, 0.05) is 4.47 Å². The van der Waals surface area contributed by atoms with Crippen molar-refractivity contribution in [3.8, 4) is 0 Å². The molecule has 0 aromatic heterocycles. The van der Waals surface area contributed by atoms with Crippen molar-refractivity contribution < 1.29 is 4.39 Å². The molecule has 0 aliphatic carbocycles. The molecule has 1 unspecified atom stereocenters. The van der Waals surface area contributed by atoms with Crippen molar-refractivity contribution in [2.75, 3.05) is 6.54 Å². The Bertz CT molecular complexity index is 613. The minimum atomic E-state index is -0.243. The second-order valence-corrected chi connectivity index (χ2v) is 6.29. The summed E-state index contributed by atoms with van der Waals surface area (Å²) >= 11 is 6.91. The van der Waals surface area contributed by atoms with E-state index in [1.807, 2.05) is 18.2 Å². The Kier molecular flexibility index (Phi) is 5.35. The van der Waals surface area contributed by atoms with Crippen LogP contribution in [0.4, 0.5) is 4.39 Å². The first kappa shape index (κ1) is 15.7. The molecular weight excluding hydrogens is 385 g/mol. The molecule has 1 nitrogen and oxygen atoms in total. The molecule has 1 atom stereocenters. The summed E-state index contributed by atoms with van der Waals surface area (Å²) < 4.78 is 15.0. The van der Waals surface area contributed by atoms with Gasteiger partial charge in [0.15, 0.2) is 0 Å². The number of nitrogens with one attached hydrogen (secondary N) is 1. The molecule has 0 saturated heterocycles.